The topological polar surface area (TPSA) is 26.0 Å². The highest BCUT2D eigenvalue weighted by molar-refractivity contribution is 5.27. The van der Waals surface area contributed by atoms with Crippen LogP contribution in [0.2, 0.25) is 0 Å². The zero-order valence-corrected chi connectivity index (χ0v) is 10.6. The summed E-state index contributed by atoms with van der Waals surface area (Å²) >= 11 is 0. The molecule has 1 nitrogen and oxygen atoms in total. The number of hydrogen-bond acceptors (Lipinski definition) is 1. The molecule has 0 aromatic heterocycles. The van der Waals surface area contributed by atoms with E-state index in [1.165, 1.54) is 6.07 Å². The number of rotatable bonds is 4. The van der Waals surface area contributed by atoms with Gasteiger partial charge in [0.2, 0.25) is 0 Å². The molecule has 2 heteroatoms. The molecule has 0 saturated carbocycles. The maximum atomic E-state index is 13.1. The molecule has 0 aliphatic rings. The molecule has 2 atom stereocenters. The Kier molecular flexibility index (Phi) is 4.48. The molecular formula is C14H22FN. The van der Waals surface area contributed by atoms with E-state index in [9.17, 15) is 4.39 Å². The van der Waals surface area contributed by atoms with Crippen LogP contribution in [0.5, 0.6) is 0 Å². The molecular weight excluding hydrogens is 201 g/mol. The lowest BCUT2D eigenvalue weighted by molar-refractivity contribution is 0.344. The predicted octanol–water partition coefficient (Wildman–Crippen LogP) is 3.30. The van der Waals surface area contributed by atoms with Gasteiger partial charge in [-0.25, -0.2) is 4.39 Å². The molecule has 90 valence electrons. The van der Waals surface area contributed by atoms with Crippen molar-refractivity contribution >= 4 is 0 Å². The Balaban J connectivity index is 2.76. The zero-order valence-electron chi connectivity index (χ0n) is 10.6. The average Bonchev–Trinajstić information content (AvgIpc) is 2.22. The van der Waals surface area contributed by atoms with Gasteiger partial charge in [-0.1, -0.05) is 26.8 Å². The normalized spacial score (nSPS) is 15.2. The van der Waals surface area contributed by atoms with Crippen molar-refractivity contribution in [2.45, 2.75) is 40.2 Å². The van der Waals surface area contributed by atoms with Crippen LogP contribution in [0.3, 0.4) is 0 Å². The molecule has 1 rings (SSSR count). The molecule has 1 aromatic rings. The molecule has 0 bridgehead atoms. The second-order valence-electron chi connectivity index (χ2n) is 5.04. The van der Waals surface area contributed by atoms with E-state index in [0.717, 1.165) is 17.5 Å². The molecule has 2 N–H and O–H groups in total. The number of hydrogen-bond donors (Lipinski definition) is 1. The summed E-state index contributed by atoms with van der Waals surface area (Å²) in [6.07, 6.45) is 0.753. The van der Waals surface area contributed by atoms with Crippen LogP contribution in [-0.2, 0) is 6.42 Å². The van der Waals surface area contributed by atoms with Crippen LogP contribution in [0.1, 0.15) is 31.9 Å². The third kappa shape index (κ3) is 3.31. The lowest BCUT2D eigenvalue weighted by Crippen LogP contribution is -2.33. The fourth-order valence-electron chi connectivity index (χ4n) is 1.79. The SMILES string of the molecule is Cc1ccc(F)cc1CC(N)C(C)C(C)C. The molecule has 0 fully saturated rings. The van der Waals surface area contributed by atoms with E-state index >= 15 is 0 Å². The molecule has 1 aromatic carbocycles. The van der Waals surface area contributed by atoms with Crippen LogP contribution >= 0.6 is 0 Å². The van der Waals surface area contributed by atoms with Gasteiger partial charge in [-0.15, -0.1) is 0 Å². The van der Waals surface area contributed by atoms with Gasteiger partial charge in [0.25, 0.3) is 0 Å². The second-order valence-corrected chi connectivity index (χ2v) is 5.04. The third-order valence-corrected chi connectivity index (χ3v) is 3.49. The van der Waals surface area contributed by atoms with E-state index in [-0.39, 0.29) is 11.9 Å². The predicted molar refractivity (Wildman–Crippen MR) is 66.8 cm³/mol. The van der Waals surface area contributed by atoms with Gasteiger partial charge in [-0.3, -0.25) is 0 Å². The summed E-state index contributed by atoms with van der Waals surface area (Å²) < 4.78 is 13.1. The van der Waals surface area contributed by atoms with E-state index in [0.29, 0.717) is 11.8 Å². The minimum atomic E-state index is -0.176. The summed E-state index contributed by atoms with van der Waals surface area (Å²) in [6, 6.07) is 5.01. The Morgan fingerprint density at radius 2 is 1.88 bits per heavy atom. The fourth-order valence-corrected chi connectivity index (χ4v) is 1.79. The van der Waals surface area contributed by atoms with Gasteiger partial charge in [0.05, 0.1) is 0 Å². The summed E-state index contributed by atoms with van der Waals surface area (Å²) in [5.41, 5.74) is 8.29. The van der Waals surface area contributed by atoms with E-state index in [1.807, 2.05) is 13.0 Å². The summed E-state index contributed by atoms with van der Waals surface area (Å²) in [4.78, 5) is 0. The first-order chi connectivity index (χ1) is 7.41. The molecule has 2 unspecified atom stereocenters. The highest BCUT2D eigenvalue weighted by atomic mass is 19.1. The highest BCUT2D eigenvalue weighted by Crippen LogP contribution is 2.19. The molecule has 0 amide bonds. The van der Waals surface area contributed by atoms with Crippen molar-refractivity contribution in [2.24, 2.45) is 17.6 Å². The molecule has 0 radical (unpaired) electrons. The van der Waals surface area contributed by atoms with Crippen LogP contribution in [0.4, 0.5) is 4.39 Å². The number of nitrogens with two attached hydrogens (primary N) is 1. The van der Waals surface area contributed by atoms with E-state index in [4.69, 9.17) is 5.73 Å². The van der Waals surface area contributed by atoms with Crippen LogP contribution < -0.4 is 5.73 Å². The Morgan fingerprint density at radius 3 is 2.44 bits per heavy atom. The first-order valence-corrected chi connectivity index (χ1v) is 5.92. The number of halogens is 1. The smallest absolute Gasteiger partial charge is 0.123 e. The van der Waals surface area contributed by atoms with Gasteiger partial charge >= 0.3 is 0 Å². The van der Waals surface area contributed by atoms with E-state index < -0.39 is 0 Å². The van der Waals surface area contributed by atoms with Gasteiger partial charge in [0.15, 0.2) is 0 Å². The Morgan fingerprint density at radius 1 is 1.25 bits per heavy atom. The highest BCUT2D eigenvalue weighted by Gasteiger charge is 2.17. The molecule has 0 aliphatic heterocycles. The third-order valence-electron chi connectivity index (χ3n) is 3.49. The number of aryl methyl sites for hydroxylation is 1. The van der Waals surface area contributed by atoms with Gasteiger partial charge in [-0.2, -0.15) is 0 Å². The minimum Gasteiger partial charge on any atom is -0.327 e. The Labute approximate surface area is 97.9 Å². The van der Waals surface area contributed by atoms with Crippen molar-refractivity contribution in [2.75, 3.05) is 0 Å². The standard InChI is InChI=1S/C14H22FN/c1-9(2)11(4)14(16)8-12-7-13(15)6-5-10(12)3/h5-7,9,11,14H,8,16H2,1-4H3. The maximum Gasteiger partial charge on any atom is 0.123 e. The molecule has 0 aliphatic carbocycles. The van der Waals surface area contributed by atoms with Crippen LogP contribution in [-0.4, -0.2) is 6.04 Å². The van der Waals surface area contributed by atoms with Crippen molar-refractivity contribution in [1.29, 1.82) is 0 Å². The van der Waals surface area contributed by atoms with Crippen molar-refractivity contribution in [3.05, 3.63) is 35.1 Å². The maximum absolute atomic E-state index is 13.1. The van der Waals surface area contributed by atoms with Crippen LogP contribution in [0.15, 0.2) is 18.2 Å². The molecule has 16 heavy (non-hydrogen) atoms. The largest absolute Gasteiger partial charge is 0.327 e. The van der Waals surface area contributed by atoms with Gasteiger partial charge in [0.1, 0.15) is 5.82 Å². The molecule has 0 saturated heterocycles. The quantitative estimate of drug-likeness (QED) is 0.832. The van der Waals surface area contributed by atoms with Crippen molar-refractivity contribution in [3.63, 3.8) is 0 Å². The zero-order chi connectivity index (χ0) is 12.3. The molecule has 0 spiro atoms. The van der Waals surface area contributed by atoms with Crippen LogP contribution in [0, 0.1) is 24.6 Å². The van der Waals surface area contributed by atoms with Gasteiger partial charge in [-0.05, 0) is 48.4 Å². The lowest BCUT2D eigenvalue weighted by atomic mass is 9.86. The first-order valence-electron chi connectivity index (χ1n) is 5.92. The minimum absolute atomic E-state index is 0.0977. The second kappa shape index (κ2) is 5.44. The van der Waals surface area contributed by atoms with E-state index in [2.05, 4.69) is 20.8 Å². The van der Waals surface area contributed by atoms with Crippen LogP contribution in [0.25, 0.3) is 0 Å². The summed E-state index contributed by atoms with van der Waals surface area (Å²) in [5.74, 6) is 0.830. The number of benzene rings is 1. The van der Waals surface area contributed by atoms with Crippen molar-refractivity contribution in [1.82, 2.24) is 0 Å². The van der Waals surface area contributed by atoms with Gasteiger partial charge < -0.3 is 5.73 Å². The van der Waals surface area contributed by atoms with Gasteiger partial charge in [0, 0.05) is 6.04 Å². The summed E-state index contributed by atoms with van der Waals surface area (Å²) in [6.45, 7) is 8.50. The average molecular weight is 223 g/mol. The molecule has 0 heterocycles. The van der Waals surface area contributed by atoms with E-state index in [1.54, 1.807) is 6.07 Å². The van der Waals surface area contributed by atoms with Crippen molar-refractivity contribution in [3.8, 4) is 0 Å². The Bertz CT molecular complexity index is 347. The Hall–Kier alpha value is -0.890. The van der Waals surface area contributed by atoms with Crippen molar-refractivity contribution < 1.29 is 4.39 Å². The first kappa shape index (κ1) is 13.2. The lowest BCUT2D eigenvalue weighted by Gasteiger charge is -2.24. The monoisotopic (exact) mass is 223 g/mol. The summed E-state index contributed by atoms with van der Waals surface area (Å²) in [7, 11) is 0. The fraction of sp³-hybridized carbons (Fsp3) is 0.571. The summed E-state index contributed by atoms with van der Waals surface area (Å²) in [5, 5.41) is 0.